The van der Waals surface area contributed by atoms with E-state index in [9.17, 15) is 4.79 Å². The van der Waals surface area contributed by atoms with E-state index in [1.807, 2.05) is 20.8 Å². The van der Waals surface area contributed by atoms with Gasteiger partial charge in [-0.05, 0) is 32.9 Å². The molecule has 2 rings (SSSR count). The molecule has 1 unspecified atom stereocenters. The van der Waals surface area contributed by atoms with Crippen LogP contribution in [0.2, 0.25) is 5.15 Å². The van der Waals surface area contributed by atoms with Crippen molar-refractivity contribution in [2.45, 2.75) is 32.5 Å². The van der Waals surface area contributed by atoms with Crippen LogP contribution in [-0.4, -0.2) is 40.6 Å². The predicted octanol–water partition coefficient (Wildman–Crippen LogP) is 2.37. The van der Waals surface area contributed by atoms with E-state index in [0.717, 1.165) is 0 Å². The summed E-state index contributed by atoms with van der Waals surface area (Å²) in [5.74, 6) is -0.0966. The molecule has 4 nitrogen and oxygen atoms in total. The third-order valence-electron chi connectivity index (χ3n) is 2.79. The summed E-state index contributed by atoms with van der Waals surface area (Å²) in [6.07, 6.45) is 0.0249. The van der Waals surface area contributed by atoms with Gasteiger partial charge in [-0.25, -0.2) is 4.98 Å². The van der Waals surface area contributed by atoms with Gasteiger partial charge in [0.05, 0.1) is 11.7 Å². The SMILES string of the molecule is CC1CN(C(=O)c2cccc(Cl)n2)CC(C)(C)O1. The first-order valence-corrected chi connectivity index (χ1v) is 6.35. The van der Waals surface area contributed by atoms with Crippen LogP contribution < -0.4 is 0 Å². The van der Waals surface area contributed by atoms with Crippen LogP contribution in [0.4, 0.5) is 0 Å². The fourth-order valence-corrected chi connectivity index (χ4v) is 2.46. The number of amides is 1. The van der Waals surface area contributed by atoms with Gasteiger partial charge in [-0.1, -0.05) is 17.7 Å². The molecule has 98 valence electrons. The van der Waals surface area contributed by atoms with Crippen LogP contribution in [0.25, 0.3) is 0 Å². The number of pyridine rings is 1. The van der Waals surface area contributed by atoms with E-state index in [1.165, 1.54) is 0 Å². The highest BCUT2D eigenvalue weighted by Crippen LogP contribution is 2.22. The summed E-state index contributed by atoms with van der Waals surface area (Å²) in [6, 6.07) is 5.07. The maximum absolute atomic E-state index is 12.3. The number of carbonyl (C=O) groups is 1. The van der Waals surface area contributed by atoms with E-state index in [2.05, 4.69) is 4.98 Å². The number of hydrogen-bond donors (Lipinski definition) is 0. The fraction of sp³-hybridized carbons (Fsp3) is 0.538. The second-order valence-corrected chi connectivity index (χ2v) is 5.61. The molecule has 0 aromatic carbocycles. The number of nitrogens with zero attached hydrogens (tertiary/aromatic N) is 2. The highest BCUT2D eigenvalue weighted by Gasteiger charge is 2.34. The number of rotatable bonds is 1. The van der Waals surface area contributed by atoms with Crippen LogP contribution in [0.15, 0.2) is 18.2 Å². The summed E-state index contributed by atoms with van der Waals surface area (Å²) in [5.41, 5.74) is 0.0544. The molecule has 1 amide bonds. The molecular weight excluding hydrogens is 252 g/mol. The lowest BCUT2D eigenvalue weighted by Gasteiger charge is -2.41. The molecule has 5 heteroatoms. The maximum atomic E-state index is 12.3. The topological polar surface area (TPSA) is 42.4 Å². The lowest BCUT2D eigenvalue weighted by atomic mass is 10.1. The van der Waals surface area contributed by atoms with E-state index in [0.29, 0.717) is 23.9 Å². The second-order valence-electron chi connectivity index (χ2n) is 5.22. The molecule has 0 bridgehead atoms. The molecule has 0 saturated carbocycles. The summed E-state index contributed by atoms with van der Waals surface area (Å²) < 4.78 is 5.77. The minimum atomic E-state index is -0.327. The largest absolute Gasteiger partial charge is 0.369 e. The van der Waals surface area contributed by atoms with E-state index in [1.54, 1.807) is 23.1 Å². The van der Waals surface area contributed by atoms with Crippen molar-refractivity contribution >= 4 is 17.5 Å². The van der Waals surface area contributed by atoms with Crippen molar-refractivity contribution in [3.05, 3.63) is 29.0 Å². The van der Waals surface area contributed by atoms with E-state index < -0.39 is 0 Å². The van der Waals surface area contributed by atoms with Crippen LogP contribution in [0.1, 0.15) is 31.3 Å². The van der Waals surface area contributed by atoms with Crippen LogP contribution in [0, 0.1) is 0 Å². The van der Waals surface area contributed by atoms with Crippen molar-refractivity contribution in [1.82, 2.24) is 9.88 Å². The predicted molar refractivity (Wildman–Crippen MR) is 69.8 cm³/mol. The molecule has 0 aliphatic carbocycles. The third-order valence-corrected chi connectivity index (χ3v) is 3.00. The first-order valence-electron chi connectivity index (χ1n) is 5.97. The monoisotopic (exact) mass is 268 g/mol. The van der Waals surface area contributed by atoms with E-state index >= 15 is 0 Å². The van der Waals surface area contributed by atoms with Gasteiger partial charge in [0.2, 0.25) is 0 Å². The Labute approximate surface area is 112 Å². The molecule has 1 saturated heterocycles. The summed E-state index contributed by atoms with van der Waals surface area (Å²) in [5, 5.41) is 0.335. The number of carbonyl (C=O) groups excluding carboxylic acids is 1. The molecule has 1 aliphatic heterocycles. The molecular formula is C13H17ClN2O2. The minimum Gasteiger partial charge on any atom is -0.369 e. The smallest absolute Gasteiger partial charge is 0.272 e. The Morgan fingerprint density at radius 2 is 2.28 bits per heavy atom. The van der Waals surface area contributed by atoms with Gasteiger partial charge in [0.1, 0.15) is 10.8 Å². The highest BCUT2D eigenvalue weighted by molar-refractivity contribution is 6.29. The van der Waals surface area contributed by atoms with Crippen molar-refractivity contribution in [2.75, 3.05) is 13.1 Å². The fourth-order valence-electron chi connectivity index (χ4n) is 2.30. The van der Waals surface area contributed by atoms with Gasteiger partial charge in [-0.15, -0.1) is 0 Å². The highest BCUT2D eigenvalue weighted by atomic mass is 35.5. The quantitative estimate of drug-likeness (QED) is 0.735. The number of aromatic nitrogens is 1. The third kappa shape index (κ3) is 3.00. The van der Waals surface area contributed by atoms with Crippen molar-refractivity contribution in [1.29, 1.82) is 0 Å². The first kappa shape index (κ1) is 13.3. The van der Waals surface area contributed by atoms with Crippen LogP contribution >= 0.6 is 11.6 Å². The van der Waals surface area contributed by atoms with Gasteiger partial charge in [0.15, 0.2) is 0 Å². The van der Waals surface area contributed by atoms with Crippen molar-refractivity contribution in [3.8, 4) is 0 Å². The van der Waals surface area contributed by atoms with Crippen LogP contribution in [-0.2, 0) is 4.74 Å². The molecule has 0 N–H and O–H groups in total. The summed E-state index contributed by atoms with van der Waals surface area (Å²) in [6.45, 7) is 7.07. The zero-order valence-electron chi connectivity index (χ0n) is 10.8. The van der Waals surface area contributed by atoms with Gasteiger partial charge in [0.25, 0.3) is 5.91 Å². The molecule has 1 fully saturated rings. The van der Waals surface area contributed by atoms with E-state index in [4.69, 9.17) is 16.3 Å². The summed E-state index contributed by atoms with van der Waals surface area (Å²) in [7, 11) is 0. The molecule has 0 spiro atoms. The Morgan fingerprint density at radius 3 is 2.89 bits per heavy atom. The Morgan fingerprint density at radius 1 is 1.56 bits per heavy atom. The van der Waals surface area contributed by atoms with Gasteiger partial charge < -0.3 is 9.64 Å². The molecule has 0 radical (unpaired) electrons. The number of ether oxygens (including phenoxy) is 1. The number of halogens is 1. The van der Waals surface area contributed by atoms with Crippen molar-refractivity contribution in [2.24, 2.45) is 0 Å². The lowest BCUT2D eigenvalue weighted by molar-refractivity contribution is -0.118. The molecule has 2 heterocycles. The van der Waals surface area contributed by atoms with Crippen molar-refractivity contribution in [3.63, 3.8) is 0 Å². The number of hydrogen-bond acceptors (Lipinski definition) is 3. The number of morpholine rings is 1. The second kappa shape index (κ2) is 4.86. The standard InChI is InChI=1S/C13H17ClN2O2/c1-9-7-16(8-13(2,3)18-9)12(17)10-5-4-6-11(14)15-10/h4-6,9H,7-8H2,1-3H3. The summed E-state index contributed by atoms with van der Waals surface area (Å²) >= 11 is 5.81. The molecule has 18 heavy (non-hydrogen) atoms. The Balaban J connectivity index is 2.18. The van der Waals surface area contributed by atoms with E-state index in [-0.39, 0.29) is 17.6 Å². The van der Waals surface area contributed by atoms with Gasteiger partial charge in [-0.2, -0.15) is 0 Å². The van der Waals surface area contributed by atoms with Gasteiger partial charge in [-0.3, -0.25) is 4.79 Å². The minimum absolute atomic E-state index is 0.0249. The first-order chi connectivity index (χ1) is 8.37. The Bertz CT molecular complexity index is 462. The zero-order chi connectivity index (χ0) is 13.3. The zero-order valence-corrected chi connectivity index (χ0v) is 11.6. The molecule has 1 aromatic rings. The van der Waals surface area contributed by atoms with Crippen LogP contribution in [0.3, 0.4) is 0 Å². The Kier molecular flexibility index (Phi) is 3.59. The molecule has 1 aliphatic rings. The normalized spacial score (nSPS) is 22.9. The molecule has 1 aromatic heterocycles. The van der Waals surface area contributed by atoms with Crippen LogP contribution in [0.5, 0.6) is 0 Å². The van der Waals surface area contributed by atoms with Gasteiger partial charge >= 0.3 is 0 Å². The van der Waals surface area contributed by atoms with Crippen molar-refractivity contribution < 1.29 is 9.53 Å². The Hall–Kier alpha value is -1.13. The lowest BCUT2D eigenvalue weighted by Crippen LogP contribution is -2.53. The average Bonchev–Trinajstić information content (AvgIpc) is 2.25. The molecule has 1 atom stereocenters. The maximum Gasteiger partial charge on any atom is 0.272 e. The van der Waals surface area contributed by atoms with Gasteiger partial charge in [0, 0.05) is 13.1 Å². The summed E-state index contributed by atoms with van der Waals surface area (Å²) in [4.78, 5) is 18.2. The average molecular weight is 269 g/mol.